The van der Waals surface area contributed by atoms with Crippen LogP contribution >= 0.6 is 0 Å². The third-order valence-electron chi connectivity index (χ3n) is 5.60. The molecule has 2 N–H and O–H groups in total. The number of carbonyl (C=O) groups is 3. The van der Waals surface area contributed by atoms with Crippen molar-refractivity contribution in [1.82, 2.24) is 14.9 Å². The van der Waals surface area contributed by atoms with E-state index in [-0.39, 0.29) is 30.0 Å². The van der Waals surface area contributed by atoms with Crippen LogP contribution in [0, 0.1) is 12.7 Å². The molecule has 0 aliphatic carbocycles. The van der Waals surface area contributed by atoms with Crippen LogP contribution in [0.1, 0.15) is 63.1 Å². The molecule has 11 heteroatoms. The Morgan fingerprint density at radius 2 is 1.75 bits per heavy atom. The van der Waals surface area contributed by atoms with Crippen LogP contribution in [0.25, 0.3) is 0 Å². The van der Waals surface area contributed by atoms with Gasteiger partial charge in [0.25, 0.3) is 11.8 Å². The number of benzene rings is 2. The zero-order valence-corrected chi connectivity index (χ0v) is 20.0. The number of hydrogen-bond acceptors (Lipinski definition) is 4. The molecule has 0 saturated heterocycles. The third kappa shape index (κ3) is 5.61. The first-order valence-electron chi connectivity index (χ1n) is 10.9. The van der Waals surface area contributed by atoms with Gasteiger partial charge in [0.2, 0.25) is 5.82 Å². The molecule has 2 aromatic carbocycles. The number of imidazole rings is 1. The van der Waals surface area contributed by atoms with Crippen LogP contribution in [0.2, 0.25) is 0 Å². The van der Waals surface area contributed by atoms with E-state index in [0.717, 1.165) is 11.1 Å². The Morgan fingerprint density at radius 3 is 2.33 bits per heavy atom. The second-order valence-electron chi connectivity index (χ2n) is 8.30. The molecule has 0 aliphatic heterocycles. The summed E-state index contributed by atoms with van der Waals surface area (Å²) in [6.07, 6.45) is -4.86. The summed E-state index contributed by atoms with van der Waals surface area (Å²) in [5.41, 5.74) is 0.0817. The average molecular weight is 504 g/mol. The standard InChI is InChI=1S/C25H24F4N4O3/c1-13-7-5-6-8-19(13)15(3)20-21(31-22(24(36)30-4)33(20)12-14(2)34)32-23(35)16-9-17(25(27,28)29)11-18(26)10-16/h5-11,15H,12H2,1-4H3,(H,30,36)(H,32,35)/t15-/m1/s1. The molecule has 190 valence electrons. The van der Waals surface area contributed by atoms with Crippen molar-refractivity contribution < 1.29 is 31.9 Å². The van der Waals surface area contributed by atoms with E-state index in [9.17, 15) is 31.9 Å². The number of halogens is 4. The maximum Gasteiger partial charge on any atom is 0.416 e. The monoisotopic (exact) mass is 504 g/mol. The second kappa shape index (κ2) is 10.3. The fourth-order valence-electron chi connectivity index (χ4n) is 3.95. The van der Waals surface area contributed by atoms with E-state index in [1.807, 2.05) is 25.1 Å². The van der Waals surface area contributed by atoms with Crippen LogP contribution < -0.4 is 10.6 Å². The Labute approximate surface area is 204 Å². The van der Waals surface area contributed by atoms with Crippen LogP contribution in [0.5, 0.6) is 0 Å². The maximum absolute atomic E-state index is 13.9. The first-order chi connectivity index (χ1) is 16.8. The molecule has 0 saturated carbocycles. The number of rotatable bonds is 7. The highest BCUT2D eigenvalue weighted by Crippen LogP contribution is 2.34. The highest BCUT2D eigenvalue weighted by molar-refractivity contribution is 6.05. The molecule has 1 heterocycles. The molecule has 0 fully saturated rings. The molecule has 7 nitrogen and oxygen atoms in total. The van der Waals surface area contributed by atoms with Crippen LogP contribution in [-0.2, 0) is 17.5 Å². The molecule has 3 aromatic rings. The first-order valence-corrected chi connectivity index (χ1v) is 10.9. The van der Waals surface area contributed by atoms with E-state index in [2.05, 4.69) is 15.6 Å². The van der Waals surface area contributed by atoms with Crippen molar-refractivity contribution in [2.45, 2.75) is 39.4 Å². The SMILES string of the molecule is CNC(=O)c1nc(NC(=O)c2cc(F)cc(C(F)(F)F)c2)c([C@H](C)c2ccccc2C)n1CC(C)=O. The summed E-state index contributed by atoms with van der Waals surface area (Å²) in [5.74, 6) is -4.04. The van der Waals surface area contributed by atoms with E-state index in [1.165, 1.54) is 18.5 Å². The number of nitrogens with one attached hydrogen (secondary N) is 2. The molecule has 36 heavy (non-hydrogen) atoms. The zero-order valence-electron chi connectivity index (χ0n) is 20.0. The highest BCUT2D eigenvalue weighted by Gasteiger charge is 2.33. The van der Waals surface area contributed by atoms with Gasteiger partial charge >= 0.3 is 6.18 Å². The minimum Gasteiger partial charge on any atom is -0.352 e. The molecule has 0 unspecified atom stereocenters. The van der Waals surface area contributed by atoms with Crippen LogP contribution in [0.4, 0.5) is 23.4 Å². The zero-order chi connectivity index (χ0) is 26.8. The first kappa shape index (κ1) is 26.6. The van der Waals surface area contributed by atoms with Crippen molar-refractivity contribution in [1.29, 1.82) is 0 Å². The van der Waals surface area contributed by atoms with Gasteiger partial charge < -0.3 is 15.2 Å². The summed E-state index contributed by atoms with van der Waals surface area (Å²) in [6, 6.07) is 8.80. The lowest BCUT2D eigenvalue weighted by Crippen LogP contribution is -2.25. The minimum atomic E-state index is -4.86. The number of aromatic nitrogens is 2. The van der Waals surface area contributed by atoms with Crippen molar-refractivity contribution >= 4 is 23.4 Å². The van der Waals surface area contributed by atoms with E-state index in [0.29, 0.717) is 17.8 Å². The number of hydrogen-bond donors (Lipinski definition) is 2. The Bertz CT molecular complexity index is 1330. The Balaban J connectivity index is 2.17. The van der Waals surface area contributed by atoms with Gasteiger partial charge in [-0.2, -0.15) is 13.2 Å². The molecule has 2 amide bonds. The lowest BCUT2D eigenvalue weighted by Gasteiger charge is -2.19. The van der Waals surface area contributed by atoms with Gasteiger partial charge in [0.1, 0.15) is 11.6 Å². The number of carbonyl (C=O) groups excluding carboxylic acids is 3. The Hall–Kier alpha value is -4.02. The van der Waals surface area contributed by atoms with Crippen molar-refractivity contribution in [3.8, 4) is 0 Å². The van der Waals surface area contributed by atoms with Gasteiger partial charge in [-0.15, -0.1) is 0 Å². The highest BCUT2D eigenvalue weighted by atomic mass is 19.4. The largest absolute Gasteiger partial charge is 0.416 e. The van der Waals surface area contributed by atoms with Crippen LogP contribution in [0.15, 0.2) is 42.5 Å². The fourth-order valence-corrected chi connectivity index (χ4v) is 3.95. The number of ketones is 1. The summed E-state index contributed by atoms with van der Waals surface area (Å²) >= 11 is 0. The number of Topliss-reactive ketones (excluding diaryl/α,β-unsaturated/α-hetero) is 1. The molecule has 3 rings (SSSR count). The van der Waals surface area contributed by atoms with Crippen LogP contribution in [-0.4, -0.2) is 34.2 Å². The number of nitrogens with zero attached hydrogens (tertiary/aromatic N) is 2. The maximum atomic E-state index is 13.9. The normalized spacial score (nSPS) is 12.2. The number of alkyl halides is 3. The van der Waals surface area contributed by atoms with E-state index >= 15 is 0 Å². The molecule has 0 aliphatic rings. The number of anilines is 1. The lowest BCUT2D eigenvalue weighted by atomic mass is 9.93. The molecule has 1 atom stereocenters. The molecular formula is C25H24F4N4O3. The Kier molecular flexibility index (Phi) is 7.61. The predicted molar refractivity (Wildman–Crippen MR) is 124 cm³/mol. The summed E-state index contributed by atoms with van der Waals surface area (Å²) in [4.78, 5) is 41.8. The second-order valence-corrected chi connectivity index (χ2v) is 8.30. The van der Waals surface area contributed by atoms with Gasteiger partial charge in [0.15, 0.2) is 5.82 Å². The molecule has 1 aromatic heterocycles. The molecular weight excluding hydrogens is 480 g/mol. The summed E-state index contributed by atoms with van der Waals surface area (Å²) in [6.45, 7) is 4.72. The smallest absolute Gasteiger partial charge is 0.352 e. The topological polar surface area (TPSA) is 93.1 Å². The van der Waals surface area contributed by atoms with Gasteiger partial charge in [-0.05, 0) is 43.2 Å². The third-order valence-corrected chi connectivity index (χ3v) is 5.60. The summed E-state index contributed by atoms with van der Waals surface area (Å²) in [7, 11) is 1.36. The number of aryl methyl sites for hydroxylation is 1. The Morgan fingerprint density at radius 1 is 1.08 bits per heavy atom. The number of amides is 2. The van der Waals surface area contributed by atoms with E-state index in [4.69, 9.17) is 0 Å². The molecule has 0 radical (unpaired) electrons. The van der Waals surface area contributed by atoms with Gasteiger partial charge in [-0.1, -0.05) is 31.2 Å². The quantitative estimate of drug-likeness (QED) is 0.456. The summed E-state index contributed by atoms with van der Waals surface area (Å²) in [5, 5.41) is 4.84. The van der Waals surface area contributed by atoms with Crippen molar-refractivity contribution in [3.63, 3.8) is 0 Å². The van der Waals surface area contributed by atoms with Crippen LogP contribution in [0.3, 0.4) is 0 Å². The fraction of sp³-hybridized carbons (Fsp3) is 0.280. The minimum absolute atomic E-state index is 0.131. The van der Waals surface area contributed by atoms with Crippen molar-refractivity contribution in [3.05, 3.63) is 82.1 Å². The van der Waals surface area contributed by atoms with Crippen molar-refractivity contribution in [2.75, 3.05) is 12.4 Å². The van der Waals surface area contributed by atoms with Gasteiger partial charge in [0.05, 0.1) is 17.8 Å². The summed E-state index contributed by atoms with van der Waals surface area (Å²) < 4.78 is 54.7. The van der Waals surface area contributed by atoms with Gasteiger partial charge in [-0.25, -0.2) is 9.37 Å². The average Bonchev–Trinajstić information content (AvgIpc) is 3.14. The van der Waals surface area contributed by atoms with Gasteiger partial charge in [-0.3, -0.25) is 14.4 Å². The van der Waals surface area contributed by atoms with E-state index in [1.54, 1.807) is 13.0 Å². The predicted octanol–water partition coefficient (Wildman–Crippen LogP) is 4.70. The molecule has 0 bridgehead atoms. The van der Waals surface area contributed by atoms with Crippen molar-refractivity contribution in [2.24, 2.45) is 0 Å². The van der Waals surface area contributed by atoms with E-state index < -0.39 is 40.9 Å². The molecule has 0 spiro atoms. The lowest BCUT2D eigenvalue weighted by molar-refractivity contribution is -0.137. The van der Waals surface area contributed by atoms with Gasteiger partial charge in [0, 0.05) is 18.5 Å².